The van der Waals surface area contributed by atoms with Gasteiger partial charge in [-0.15, -0.1) is 0 Å². The molecule has 0 aliphatic rings. The van der Waals surface area contributed by atoms with Crippen molar-refractivity contribution in [3.05, 3.63) is 22.8 Å². The Morgan fingerprint density at radius 2 is 2.06 bits per heavy atom. The highest BCUT2D eigenvalue weighted by molar-refractivity contribution is 6.31. The summed E-state index contributed by atoms with van der Waals surface area (Å²) in [6.07, 6.45) is 1.77. The highest BCUT2D eigenvalue weighted by atomic mass is 35.5. The topological polar surface area (TPSA) is 43.4 Å². The molecule has 0 spiro atoms. The predicted octanol–water partition coefficient (Wildman–Crippen LogP) is 2.65. The van der Waals surface area contributed by atoms with Crippen molar-refractivity contribution in [1.29, 1.82) is 0 Å². The normalized spacial score (nSPS) is 11.6. The summed E-state index contributed by atoms with van der Waals surface area (Å²) in [6.45, 7) is 8.04. The molecule has 0 fully saturated rings. The Labute approximate surface area is 114 Å². The Kier molecular flexibility index (Phi) is 5.85. The number of nitrogens with zero attached hydrogens (tertiary/aromatic N) is 1. The maximum atomic E-state index is 6.10. The Balaban J connectivity index is 2.56. The number of aromatic nitrogens is 1. The van der Waals surface area contributed by atoms with Crippen molar-refractivity contribution in [3.63, 3.8) is 0 Å². The largest absolute Gasteiger partial charge is 0.474 e. The van der Waals surface area contributed by atoms with E-state index in [4.69, 9.17) is 21.1 Å². The average Bonchev–Trinajstić information content (AvgIpc) is 2.28. The fourth-order valence-electron chi connectivity index (χ4n) is 1.26. The van der Waals surface area contributed by atoms with Gasteiger partial charge in [0.15, 0.2) is 0 Å². The van der Waals surface area contributed by atoms with E-state index < -0.39 is 0 Å². The first-order valence-corrected chi connectivity index (χ1v) is 6.31. The van der Waals surface area contributed by atoms with Crippen molar-refractivity contribution < 1.29 is 9.47 Å². The van der Waals surface area contributed by atoms with E-state index in [2.05, 4.69) is 31.1 Å². The van der Waals surface area contributed by atoms with E-state index >= 15 is 0 Å². The van der Waals surface area contributed by atoms with E-state index in [9.17, 15) is 0 Å². The standard InChI is InChI=1S/C13H21ClN2O2/c1-13(2,3)16-9-10-7-11(14)12(15-8-10)18-6-5-17-4/h7-8,16H,5-6,9H2,1-4H3. The van der Waals surface area contributed by atoms with Gasteiger partial charge in [0.2, 0.25) is 5.88 Å². The number of halogens is 1. The third-order valence-corrected chi connectivity index (χ3v) is 2.48. The second-order valence-corrected chi connectivity index (χ2v) is 5.48. The van der Waals surface area contributed by atoms with Gasteiger partial charge >= 0.3 is 0 Å². The molecule has 1 aromatic heterocycles. The molecular formula is C13H21ClN2O2. The second-order valence-electron chi connectivity index (χ2n) is 5.08. The first-order chi connectivity index (χ1) is 8.42. The van der Waals surface area contributed by atoms with Crippen LogP contribution in [0.4, 0.5) is 0 Å². The van der Waals surface area contributed by atoms with Crippen LogP contribution in [0, 0.1) is 0 Å². The van der Waals surface area contributed by atoms with E-state index in [1.165, 1.54) is 0 Å². The smallest absolute Gasteiger partial charge is 0.232 e. The van der Waals surface area contributed by atoms with Gasteiger partial charge in [-0.05, 0) is 32.4 Å². The molecule has 0 saturated carbocycles. The number of pyridine rings is 1. The quantitative estimate of drug-likeness (QED) is 0.809. The van der Waals surface area contributed by atoms with Crippen LogP contribution in [0.5, 0.6) is 5.88 Å². The lowest BCUT2D eigenvalue weighted by molar-refractivity contribution is 0.144. The van der Waals surface area contributed by atoms with Crippen molar-refractivity contribution in [2.24, 2.45) is 0 Å². The van der Waals surface area contributed by atoms with E-state index in [1.807, 2.05) is 6.07 Å². The molecule has 1 rings (SSSR count). The molecule has 0 aliphatic carbocycles. The molecule has 0 aromatic carbocycles. The van der Waals surface area contributed by atoms with Crippen molar-refractivity contribution in [1.82, 2.24) is 10.3 Å². The molecule has 1 N–H and O–H groups in total. The van der Waals surface area contributed by atoms with Crippen LogP contribution in [0.2, 0.25) is 5.02 Å². The Hall–Kier alpha value is -0.840. The van der Waals surface area contributed by atoms with Gasteiger partial charge in [-0.1, -0.05) is 11.6 Å². The fraction of sp³-hybridized carbons (Fsp3) is 0.615. The summed E-state index contributed by atoms with van der Waals surface area (Å²) in [5.41, 5.74) is 1.11. The number of rotatable bonds is 6. The number of nitrogens with one attached hydrogen (secondary N) is 1. The molecule has 18 heavy (non-hydrogen) atoms. The van der Waals surface area contributed by atoms with E-state index in [-0.39, 0.29) is 5.54 Å². The van der Waals surface area contributed by atoms with Gasteiger partial charge in [-0.25, -0.2) is 4.98 Å². The Bertz CT molecular complexity index is 378. The molecule has 0 unspecified atom stereocenters. The van der Waals surface area contributed by atoms with Crippen LogP contribution in [0.3, 0.4) is 0 Å². The molecule has 1 heterocycles. The van der Waals surface area contributed by atoms with Crippen LogP contribution in [0.25, 0.3) is 0 Å². The summed E-state index contributed by atoms with van der Waals surface area (Å²) >= 11 is 6.10. The molecular weight excluding hydrogens is 252 g/mol. The van der Waals surface area contributed by atoms with Gasteiger partial charge in [0.05, 0.1) is 6.61 Å². The minimum Gasteiger partial charge on any atom is -0.474 e. The van der Waals surface area contributed by atoms with Crippen molar-refractivity contribution in [3.8, 4) is 5.88 Å². The summed E-state index contributed by atoms with van der Waals surface area (Å²) in [6, 6.07) is 1.87. The summed E-state index contributed by atoms with van der Waals surface area (Å²) in [5.74, 6) is 0.452. The minimum atomic E-state index is 0.0696. The van der Waals surface area contributed by atoms with E-state index in [1.54, 1.807) is 13.3 Å². The maximum Gasteiger partial charge on any atom is 0.232 e. The summed E-state index contributed by atoms with van der Waals surface area (Å²) in [7, 11) is 1.62. The minimum absolute atomic E-state index is 0.0696. The molecule has 0 amide bonds. The van der Waals surface area contributed by atoms with Crippen LogP contribution >= 0.6 is 11.6 Å². The van der Waals surface area contributed by atoms with Crippen LogP contribution in [0.15, 0.2) is 12.3 Å². The van der Waals surface area contributed by atoms with Crippen LogP contribution in [-0.4, -0.2) is 30.8 Å². The molecule has 0 saturated heterocycles. The molecule has 4 nitrogen and oxygen atoms in total. The molecule has 1 aromatic rings. The number of hydrogen-bond donors (Lipinski definition) is 1. The van der Waals surface area contributed by atoms with Gasteiger partial charge in [0.25, 0.3) is 0 Å². The monoisotopic (exact) mass is 272 g/mol. The highest BCUT2D eigenvalue weighted by Crippen LogP contribution is 2.22. The first kappa shape index (κ1) is 15.2. The van der Waals surface area contributed by atoms with Gasteiger partial charge in [-0.2, -0.15) is 0 Å². The Morgan fingerprint density at radius 3 is 2.61 bits per heavy atom. The first-order valence-electron chi connectivity index (χ1n) is 5.93. The SMILES string of the molecule is COCCOc1ncc(CNC(C)(C)C)cc1Cl. The predicted molar refractivity (Wildman–Crippen MR) is 73.2 cm³/mol. The zero-order valence-corrected chi connectivity index (χ0v) is 12.2. The lowest BCUT2D eigenvalue weighted by Crippen LogP contribution is -2.35. The van der Waals surface area contributed by atoms with Gasteiger partial charge in [-0.3, -0.25) is 0 Å². The zero-order valence-electron chi connectivity index (χ0n) is 11.4. The van der Waals surface area contributed by atoms with Crippen molar-refractivity contribution >= 4 is 11.6 Å². The molecule has 5 heteroatoms. The fourth-order valence-corrected chi connectivity index (χ4v) is 1.50. The van der Waals surface area contributed by atoms with Crippen LogP contribution < -0.4 is 10.1 Å². The van der Waals surface area contributed by atoms with Crippen LogP contribution in [-0.2, 0) is 11.3 Å². The third-order valence-electron chi connectivity index (χ3n) is 2.21. The molecule has 102 valence electrons. The average molecular weight is 273 g/mol. The molecule has 0 aliphatic heterocycles. The van der Waals surface area contributed by atoms with Crippen molar-refractivity contribution in [2.45, 2.75) is 32.9 Å². The number of methoxy groups -OCH3 is 1. The second kappa shape index (κ2) is 6.92. The summed E-state index contributed by atoms with van der Waals surface area (Å²) < 4.78 is 10.3. The lowest BCUT2D eigenvalue weighted by atomic mass is 10.1. The summed E-state index contributed by atoms with van der Waals surface area (Å²) in [4.78, 5) is 4.20. The molecule has 0 bridgehead atoms. The van der Waals surface area contributed by atoms with Gasteiger partial charge < -0.3 is 14.8 Å². The number of hydrogen-bond acceptors (Lipinski definition) is 4. The molecule has 0 radical (unpaired) electrons. The van der Waals surface area contributed by atoms with Crippen molar-refractivity contribution in [2.75, 3.05) is 20.3 Å². The van der Waals surface area contributed by atoms with E-state index in [0.29, 0.717) is 24.1 Å². The van der Waals surface area contributed by atoms with Gasteiger partial charge in [0.1, 0.15) is 11.6 Å². The maximum absolute atomic E-state index is 6.10. The lowest BCUT2D eigenvalue weighted by Gasteiger charge is -2.20. The highest BCUT2D eigenvalue weighted by Gasteiger charge is 2.10. The molecule has 0 atom stereocenters. The zero-order chi connectivity index (χ0) is 13.6. The summed E-state index contributed by atoms with van der Waals surface area (Å²) in [5, 5.41) is 3.90. The number of ether oxygens (including phenoxy) is 2. The van der Waals surface area contributed by atoms with Crippen LogP contribution in [0.1, 0.15) is 26.3 Å². The Morgan fingerprint density at radius 1 is 1.33 bits per heavy atom. The van der Waals surface area contributed by atoms with E-state index in [0.717, 1.165) is 12.1 Å². The van der Waals surface area contributed by atoms with Gasteiger partial charge in [0, 0.05) is 25.4 Å². The third kappa shape index (κ3) is 5.67.